The minimum atomic E-state index is -0.00870. The molecule has 0 bridgehead atoms. The van der Waals surface area contributed by atoms with E-state index < -0.39 is 0 Å². The molecule has 4 heteroatoms. The van der Waals surface area contributed by atoms with Crippen molar-refractivity contribution in [3.8, 4) is 0 Å². The molecule has 1 aliphatic rings. The van der Waals surface area contributed by atoms with Crippen LogP contribution in [0.15, 0.2) is 0 Å². The third kappa shape index (κ3) is 3.89. The molecule has 1 fully saturated rings. The molecular formula is C9H18N2OS. The summed E-state index contributed by atoms with van der Waals surface area (Å²) in [6.45, 7) is 2.86. The summed E-state index contributed by atoms with van der Waals surface area (Å²) in [4.78, 5) is 11.2. The number of carbonyl (C=O) groups is 1. The van der Waals surface area contributed by atoms with Crippen LogP contribution >= 0.6 is 11.8 Å². The minimum Gasteiger partial charge on any atom is -0.337 e. The van der Waals surface area contributed by atoms with Gasteiger partial charge in [-0.2, -0.15) is 11.8 Å². The molecule has 0 spiro atoms. The van der Waals surface area contributed by atoms with Gasteiger partial charge in [-0.25, -0.2) is 4.79 Å². The number of carbonyl (C=O) groups excluding carboxylic acids is 1. The summed E-state index contributed by atoms with van der Waals surface area (Å²) >= 11 is 1.76. The van der Waals surface area contributed by atoms with Gasteiger partial charge in [-0.1, -0.05) is 6.92 Å². The highest BCUT2D eigenvalue weighted by Gasteiger charge is 2.18. The maximum atomic E-state index is 11.2. The van der Waals surface area contributed by atoms with E-state index in [9.17, 15) is 4.79 Å². The third-order valence-corrected chi connectivity index (χ3v) is 3.36. The Bertz CT molecular complexity index is 171. The molecule has 0 aliphatic heterocycles. The van der Waals surface area contributed by atoms with Crippen molar-refractivity contribution < 1.29 is 4.79 Å². The zero-order chi connectivity index (χ0) is 9.68. The maximum Gasteiger partial charge on any atom is 0.315 e. The van der Waals surface area contributed by atoms with Crippen LogP contribution in [0.5, 0.6) is 0 Å². The molecule has 13 heavy (non-hydrogen) atoms. The SMILES string of the molecule is CSC(C)CNC(=O)NC1CCC1. The van der Waals surface area contributed by atoms with E-state index in [1.54, 1.807) is 11.8 Å². The van der Waals surface area contributed by atoms with E-state index in [-0.39, 0.29) is 6.03 Å². The highest BCUT2D eigenvalue weighted by Crippen LogP contribution is 2.17. The second-order valence-corrected chi connectivity index (χ2v) is 4.80. The van der Waals surface area contributed by atoms with Gasteiger partial charge in [0.1, 0.15) is 0 Å². The predicted molar refractivity (Wildman–Crippen MR) is 57.2 cm³/mol. The van der Waals surface area contributed by atoms with Crippen molar-refractivity contribution >= 4 is 17.8 Å². The number of hydrogen-bond acceptors (Lipinski definition) is 2. The predicted octanol–water partition coefficient (Wildman–Crippen LogP) is 1.59. The van der Waals surface area contributed by atoms with Crippen molar-refractivity contribution in [3.05, 3.63) is 0 Å². The Kier molecular flexibility index (Phi) is 4.42. The Morgan fingerprint density at radius 1 is 1.62 bits per heavy atom. The number of amides is 2. The fourth-order valence-corrected chi connectivity index (χ4v) is 1.36. The van der Waals surface area contributed by atoms with Crippen LogP contribution in [0.2, 0.25) is 0 Å². The summed E-state index contributed by atoms with van der Waals surface area (Å²) in [6.07, 6.45) is 5.60. The van der Waals surface area contributed by atoms with Crippen molar-refractivity contribution in [2.45, 2.75) is 37.5 Å². The summed E-state index contributed by atoms with van der Waals surface area (Å²) in [6, 6.07) is 0.426. The largest absolute Gasteiger partial charge is 0.337 e. The molecule has 2 N–H and O–H groups in total. The van der Waals surface area contributed by atoms with Crippen molar-refractivity contribution in [2.24, 2.45) is 0 Å². The topological polar surface area (TPSA) is 41.1 Å². The molecule has 3 nitrogen and oxygen atoms in total. The lowest BCUT2D eigenvalue weighted by Gasteiger charge is -2.26. The third-order valence-electron chi connectivity index (χ3n) is 2.39. The molecule has 0 aromatic carbocycles. The second kappa shape index (κ2) is 5.37. The van der Waals surface area contributed by atoms with E-state index >= 15 is 0 Å². The van der Waals surface area contributed by atoms with Crippen LogP contribution < -0.4 is 10.6 Å². The molecule has 1 unspecified atom stereocenters. The average Bonchev–Trinajstić information content (AvgIpc) is 2.07. The summed E-state index contributed by atoms with van der Waals surface area (Å²) in [5.41, 5.74) is 0. The molecule has 0 aromatic rings. The van der Waals surface area contributed by atoms with E-state index in [0.29, 0.717) is 11.3 Å². The Balaban J connectivity index is 2.03. The van der Waals surface area contributed by atoms with Crippen molar-refractivity contribution in [1.82, 2.24) is 10.6 Å². The van der Waals surface area contributed by atoms with E-state index in [0.717, 1.165) is 19.4 Å². The minimum absolute atomic E-state index is 0.00870. The normalized spacial score (nSPS) is 18.9. The van der Waals surface area contributed by atoms with Gasteiger partial charge >= 0.3 is 6.03 Å². The van der Waals surface area contributed by atoms with Crippen LogP contribution in [0, 0.1) is 0 Å². The number of nitrogens with one attached hydrogen (secondary N) is 2. The monoisotopic (exact) mass is 202 g/mol. The molecule has 1 rings (SSSR count). The first-order valence-electron chi connectivity index (χ1n) is 4.79. The molecule has 76 valence electrons. The number of rotatable bonds is 4. The van der Waals surface area contributed by atoms with Crippen molar-refractivity contribution in [2.75, 3.05) is 12.8 Å². The van der Waals surface area contributed by atoms with Gasteiger partial charge in [-0.15, -0.1) is 0 Å². The first kappa shape index (κ1) is 10.7. The van der Waals surface area contributed by atoms with E-state index in [2.05, 4.69) is 23.8 Å². The van der Waals surface area contributed by atoms with Gasteiger partial charge in [-0.05, 0) is 25.5 Å². The van der Waals surface area contributed by atoms with Gasteiger partial charge < -0.3 is 10.6 Å². The Hall–Kier alpha value is -0.380. The van der Waals surface area contributed by atoms with E-state index in [1.807, 2.05) is 0 Å². The zero-order valence-corrected chi connectivity index (χ0v) is 9.12. The lowest BCUT2D eigenvalue weighted by Crippen LogP contribution is -2.46. The van der Waals surface area contributed by atoms with Gasteiger partial charge in [0, 0.05) is 17.8 Å². The van der Waals surface area contributed by atoms with Crippen molar-refractivity contribution in [1.29, 1.82) is 0 Å². The van der Waals surface area contributed by atoms with Crippen LogP contribution in [-0.2, 0) is 0 Å². The molecule has 1 atom stereocenters. The fraction of sp³-hybridized carbons (Fsp3) is 0.889. The molecule has 0 radical (unpaired) electrons. The molecule has 1 aliphatic carbocycles. The van der Waals surface area contributed by atoms with Crippen LogP contribution in [0.25, 0.3) is 0 Å². The Morgan fingerprint density at radius 3 is 2.77 bits per heavy atom. The lowest BCUT2D eigenvalue weighted by atomic mass is 9.93. The maximum absolute atomic E-state index is 11.2. The molecule has 0 heterocycles. The van der Waals surface area contributed by atoms with Crippen LogP contribution in [0.3, 0.4) is 0 Å². The van der Waals surface area contributed by atoms with Gasteiger partial charge in [0.2, 0.25) is 0 Å². The van der Waals surface area contributed by atoms with Gasteiger partial charge in [0.15, 0.2) is 0 Å². The fourth-order valence-electron chi connectivity index (χ4n) is 1.11. The second-order valence-electron chi connectivity index (χ2n) is 3.53. The summed E-state index contributed by atoms with van der Waals surface area (Å²) in [5, 5.41) is 6.29. The van der Waals surface area contributed by atoms with E-state index in [4.69, 9.17) is 0 Å². The molecular weight excluding hydrogens is 184 g/mol. The summed E-state index contributed by atoms with van der Waals surface area (Å²) in [7, 11) is 0. The van der Waals surface area contributed by atoms with Gasteiger partial charge in [0.05, 0.1) is 0 Å². The zero-order valence-electron chi connectivity index (χ0n) is 8.30. The highest BCUT2D eigenvalue weighted by molar-refractivity contribution is 7.99. The first-order valence-corrected chi connectivity index (χ1v) is 6.08. The van der Waals surface area contributed by atoms with E-state index in [1.165, 1.54) is 6.42 Å². The van der Waals surface area contributed by atoms with Gasteiger partial charge in [0.25, 0.3) is 0 Å². The standard InChI is InChI=1S/C9H18N2OS/c1-7(13-2)6-10-9(12)11-8-4-3-5-8/h7-8H,3-6H2,1-2H3,(H2,10,11,12). The molecule has 0 aromatic heterocycles. The summed E-state index contributed by atoms with van der Waals surface area (Å²) in [5.74, 6) is 0. The Morgan fingerprint density at radius 2 is 2.31 bits per heavy atom. The molecule has 0 saturated heterocycles. The number of thioether (sulfide) groups is 1. The Labute approximate surface area is 84.0 Å². The van der Waals surface area contributed by atoms with Crippen LogP contribution in [0.1, 0.15) is 26.2 Å². The first-order chi connectivity index (χ1) is 6.22. The lowest BCUT2D eigenvalue weighted by molar-refractivity contribution is 0.228. The molecule has 1 saturated carbocycles. The quantitative estimate of drug-likeness (QED) is 0.727. The van der Waals surface area contributed by atoms with Crippen LogP contribution in [0.4, 0.5) is 4.79 Å². The number of hydrogen-bond donors (Lipinski definition) is 2. The molecule has 2 amide bonds. The van der Waals surface area contributed by atoms with Crippen molar-refractivity contribution in [3.63, 3.8) is 0 Å². The van der Waals surface area contributed by atoms with Crippen LogP contribution in [-0.4, -0.2) is 30.1 Å². The average molecular weight is 202 g/mol. The highest BCUT2D eigenvalue weighted by atomic mass is 32.2. The van der Waals surface area contributed by atoms with Gasteiger partial charge in [-0.3, -0.25) is 0 Å². The number of urea groups is 1. The summed E-state index contributed by atoms with van der Waals surface area (Å²) < 4.78 is 0. The smallest absolute Gasteiger partial charge is 0.315 e.